The highest BCUT2D eigenvalue weighted by molar-refractivity contribution is 5.89. The molecule has 6 atom stereocenters. The Balaban J connectivity index is 1.52. The van der Waals surface area contributed by atoms with Crippen LogP contribution in [0, 0.1) is 0 Å². The van der Waals surface area contributed by atoms with Crippen molar-refractivity contribution in [1.82, 2.24) is 0 Å². The van der Waals surface area contributed by atoms with E-state index in [-0.39, 0.29) is 24.9 Å². The lowest BCUT2D eigenvalue weighted by molar-refractivity contribution is -0.175. The normalized spacial score (nSPS) is 36.2. The average Bonchev–Trinajstić information content (AvgIpc) is 3.49. The Bertz CT molecular complexity index is 747. The van der Waals surface area contributed by atoms with Crippen molar-refractivity contribution in [3.05, 3.63) is 35.9 Å². The van der Waals surface area contributed by atoms with Crippen LogP contribution in [0.25, 0.3) is 0 Å². The zero-order valence-electron chi connectivity index (χ0n) is 14.2. The van der Waals surface area contributed by atoms with E-state index in [1.807, 2.05) is 0 Å². The van der Waals surface area contributed by atoms with Crippen LogP contribution >= 0.6 is 0 Å². The van der Waals surface area contributed by atoms with E-state index in [2.05, 4.69) is 0 Å². The van der Waals surface area contributed by atoms with E-state index in [1.165, 1.54) is 13.8 Å². The van der Waals surface area contributed by atoms with E-state index in [0.717, 1.165) is 0 Å². The van der Waals surface area contributed by atoms with Crippen molar-refractivity contribution in [2.24, 2.45) is 0 Å². The molecule has 0 aromatic heterocycles. The fourth-order valence-electron chi connectivity index (χ4n) is 3.57. The molecule has 2 aliphatic heterocycles. The quantitative estimate of drug-likeness (QED) is 0.427. The molecule has 1 aromatic rings. The Hall–Kier alpha value is -2.45. The molecule has 1 saturated carbocycles. The molecular weight excluding hydrogens is 344 g/mol. The number of benzene rings is 1. The van der Waals surface area contributed by atoms with E-state index in [0.29, 0.717) is 5.56 Å². The lowest BCUT2D eigenvalue weighted by Gasteiger charge is -2.32. The molecule has 0 spiro atoms. The minimum atomic E-state index is -1.06. The zero-order valence-corrected chi connectivity index (χ0v) is 14.2. The summed E-state index contributed by atoms with van der Waals surface area (Å²) in [6.07, 6.45) is -2.71. The van der Waals surface area contributed by atoms with Gasteiger partial charge in [-0.2, -0.15) is 0 Å². The van der Waals surface area contributed by atoms with Crippen LogP contribution in [-0.2, 0) is 33.3 Å². The van der Waals surface area contributed by atoms with Crippen molar-refractivity contribution in [3.63, 3.8) is 0 Å². The standard InChI is InChI=1S/C18H18O8/c1-9(19)23-13-12-14(25-12)16-18(26-16,15(13)24-10(2)20)8-22-17(21)11-6-4-3-5-7-11/h3-7,12-16H,8H2,1-2H3/t12-,13-,14-,15-,16-,18-/m1/s1. The van der Waals surface area contributed by atoms with Crippen LogP contribution in [0.1, 0.15) is 24.2 Å². The monoisotopic (exact) mass is 362 g/mol. The third kappa shape index (κ3) is 2.85. The lowest BCUT2D eigenvalue weighted by atomic mass is 9.84. The second-order valence-electron chi connectivity index (χ2n) is 6.60. The Morgan fingerprint density at radius 3 is 2.38 bits per heavy atom. The molecular formula is C18H18O8. The lowest BCUT2D eigenvalue weighted by Crippen LogP contribution is -2.55. The molecule has 26 heavy (non-hydrogen) atoms. The summed E-state index contributed by atoms with van der Waals surface area (Å²) in [5.41, 5.74) is -0.661. The SMILES string of the molecule is CC(=O)O[C@@H]1[C@H]2O[C@H]2[C@H]2O[C@]2(COC(=O)c2ccccc2)[C@@H]1OC(C)=O. The van der Waals surface area contributed by atoms with Gasteiger partial charge in [-0.15, -0.1) is 0 Å². The number of hydrogen-bond acceptors (Lipinski definition) is 8. The Morgan fingerprint density at radius 2 is 1.73 bits per heavy atom. The molecule has 1 aromatic carbocycles. The largest absolute Gasteiger partial charge is 0.459 e. The highest BCUT2D eigenvalue weighted by atomic mass is 16.7. The Kier molecular flexibility index (Phi) is 3.96. The molecule has 0 radical (unpaired) electrons. The number of carbonyl (C=O) groups is 3. The summed E-state index contributed by atoms with van der Waals surface area (Å²) in [6, 6.07) is 8.52. The van der Waals surface area contributed by atoms with Crippen LogP contribution in [0.3, 0.4) is 0 Å². The predicted molar refractivity (Wildman–Crippen MR) is 84.1 cm³/mol. The van der Waals surface area contributed by atoms with Crippen LogP contribution < -0.4 is 0 Å². The highest BCUT2D eigenvalue weighted by Gasteiger charge is 2.81. The molecule has 0 unspecified atom stereocenters. The number of rotatable bonds is 5. The predicted octanol–water partition coefficient (Wildman–Crippen LogP) is 0.625. The third-order valence-electron chi connectivity index (χ3n) is 4.77. The van der Waals surface area contributed by atoms with Gasteiger partial charge in [0, 0.05) is 13.8 Å². The average molecular weight is 362 g/mol. The van der Waals surface area contributed by atoms with E-state index in [4.69, 9.17) is 23.7 Å². The van der Waals surface area contributed by atoms with Gasteiger partial charge >= 0.3 is 17.9 Å². The molecule has 0 N–H and O–H groups in total. The maximum atomic E-state index is 12.2. The van der Waals surface area contributed by atoms with E-state index in [9.17, 15) is 14.4 Å². The van der Waals surface area contributed by atoms with Gasteiger partial charge < -0.3 is 23.7 Å². The van der Waals surface area contributed by atoms with Crippen LogP contribution in [-0.4, -0.2) is 60.6 Å². The van der Waals surface area contributed by atoms with Gasteiger partial charge in [0.15, 0.2) is 17.8 Å². The van der Waals surface area contributed by atoms with Gasteiger partial charge in [0.2, 0.25) is 0 Å². The van der Waals surface area contributed by atoms with Crippen LogP contribution in [0.2, 0.25) is 0 Å². The molecule has 8 heteroatoms. The molecule has 0 amide bonds. The topological polar surface area (TPSA) is 104 Å². The van der Waals surface area contributed by atoms with Crippen molar-refractivity contribution in [3.8, 4) is 0 Å². The van der Waals surface area contributed by atoms with Gasteiger partial charge in [0.05, 0.1) is 5.56 Å². The van der Waals surface area contributed by atoms with Crippen molar-refractivity contribution in [2.75, 3.05) is 6.61 Å². The van der Waals surface area contributed by atoms with Crippen molar-refractivity contribution in [2.45, 2.75) is 50.0 Å². The van der Waals surface area contributed by atoms with Gasteiger partial charge in [-0.1, -0.05) is 18.2 Å². The molecule has 2 heterocycles. The zero-order chi connectivity index (χ0) is 18.5. The van der Waals surface area contributed by atoms with E-state index in [1.54, 1.807) is 30.3 Å². The minimum absolute atomic E-state index is 0.131. The Labute approximate surface area is 149 Å². The van der Waals surface area contributed by atoms with Gasteiger partial charge in [-0.3, -0.25) is 9.59 Å². The van der Waals surface area contributed by atoms with Crippen molar-refractivity contribution in [1.29, 1.82) is 0 Å². The fraction of sp³-hybridized carbons (Fsp3) is 0.500. The van der Waals surface area contributed by atoms with E-state index < -0.39 is 35.7 Å². The highest BCUT2D eigenvalue weighted by Crippen LogP contribution is 2.57. The van der Waals surface area contributed by atoms with Gasteiger partial charge in [-0.05, 0) is 12.1 Å². The summed E-state index contributed by atoms with van der Waals surface area (Å²) in [6.45, 7) is 2.39. The number of esters is 3. The maximum absolute atomic E-state index is 12.2. The number of carbonyl (C=O) groups excluding carboxylic acids is 3. The molecule has 0 bridgehead atoms. The number of hydrogen-bond donors (Lipinski definition) is 0. The van der Waals surface area contributed by atoms with Gasteiger partial charge in [0.25, 0.3) is 0 Å². The summed E-state index contributed by atoms with van der Waals surface area (Å²) in [5.74, 6) is -1.58. The van der Waals surface area contributed by atoms with Crippen LogP contribution in [0.4, 0.5) is 0 Å². The van der Waals surface area contributed by atoms with Crippen molar-refractivity contribution < 1.29 is 38.1 Å². The first-order valence-corrected chi connectivity index (χ1v) is 8.32. The summed E-state index contributed by atoms with van der Waals surface area (Å²) < 4.78 is 27.4. The molecule has 4 rings (SSSR count). The summed E-state index contributed by atoms with van der Waals surface area (Å²) in [7, 11) is 0. The molecule has 2 saturated heterocycles. The maximum Gasteiger partial charge on any atom is 0.338 e. The molecule has 3 aliphatic rings. The summed E-state index contributed by atoms with van der Waals surface area (Å²) in [4.78, 5) is 35.2. The fourth-order valence-corrected chi connectivity index (χ4v) is 3.57. The van der Waals surface area contributed by atoms with Gasteiger partial charge in [0.1, 0.15) is 24.9 Å². The van der Waals surface area contributed by atoms with Crippen LogP contribution in [0.15, 0.2) is 30.3 Å². The molecule has 8 nitrogen and oxygen atoms in total. The Morgan fingerprint density at radius 1 is 1.04 bits per heavy atom. The summed E-state index contributed by atoms with van der Waals surface area (Å²) >= 11 is 0. The molecule has 138 valence electrons. The number of fused-ring (bicyclic) bond motifs is 3. The van der Waals surface area contributed by atoms with Gasteiger partial charge in [-0.25, -0.2) is 4.79 Å². The van der Waals surface area contributed by atoms with E-state index >= 15 is 0 Å². The first kappa shape index (κ1) is 17.0. The first-order valence-electron chi connectivity index (χ1n) is 8.32. The molecule has 1 aliphatic carbocycles. The smallest absolute Gasteiger partial charge is 0.338 e. The third-order valence-corrected chi connectivity index (χ3v) is 4.77. The minimum Gasteiger partial charge on any atom is -0.459 e. The summed E-state index contributed by atoms with van der Waals surface area (Å²) in [5, 5.41) is 0. The second kappa shape index (κ2) is 6.07. The second-order valence-corrected chi connectivity index (χ2v) is 6.60. The first-order chi connectivity index (χ1) is 12.4. The number of epoxide rings is 2. The number of ether oxygens (including phenoxy) is 5. The van der Waals surface area contributed by atoms with Crippen LogP contribution in [0.5, 0.6) is 0 Å². The van der Waals surface area contributed by atoms with Crippen molar-refractivity contribution >= 4 is 17.9 Å². The molecule has 3 fully saturated rings.